The summed E-state index contributed by atoms with van der Waals surface area (Å²) in [6, 6.07) is 12.0. The summed E-state index contributed by atoms with van der Waals surface area (Å²) in [5.74, 6) is -0.498. The largest absolute Gasteiger partial charge is 0.494 e. The van der Waals surface area contributed by atoms with E-state index in [1.807, 2.05) is 13.8 Å². The number of ketones is 1. The quantitative estimate of drug-likeness (QED) is 0.482. The Hall–Kier alpha value is -2.71. The lowest BCUT2D eigenvalue weighted by atomic mass is 10.1. The van der Waals surface area contributed by atoms with Crippen LogP contribution in [0.3, 0.4) is 0 Å². The molecule has 28 heavy (non-hydrogen) atoms. The molecule has 0 aliphatic rings. The Balaban J connectivity index is 2.01. The molecule has 8 heteroatoms. The standard InChI is InChI=1S/C20H23NO6S/c1-3-12-21-28(24,25)18-7-5-6-16(13-18)20(23)27-14-19(22)15-8-10-17(11-9-15)26-4-2/h5-11,13,21H,3-4,12,14H2,1-2H3. The number of benzene rings is 2. The number of ether oxygens (including phenoxy) is 2. The molecule has 0 aliphatic carbocycles. The Kier molecular flexibility index (Phi) is 7.71. The Morgan fingerprint density at radius 1 is 1.00 bits per heavy atom. The number of Topliss-reactive ketones (excluding diaryl/α,β-unsaturated/α-hetero) is 1. The third-order valence-electron chi connectivity index (χ3n) is 3.74. The van der Waals surface area contributed by atoms with Crippen LogP contribution in [0.25, 0.3) is 0 Å². The Labute approximate surface area is 164 Å². The maximum absolute atomic E-state index is 12.2. The summed E-state index contributed by atoms with van der Waals surface area (Å²) in [7, 11) is -3.70. The van der Waals surface area contributed by atoms with Gasteiger partial charge in [0.15, 0.2) is 12.4 Å². The third-order valence-corrected chi connectivity index (χ3v) is 5.20. The van der Waals surface area contributed by atoms with E-state index in [1.165, 1.54) is 24.3 Å². The summed E-state index contributed by atoms with van der Waals surface area (Å²) in [5, 5.41) is 0. The van der Waals surface area contributed by atoms with Gasteiger partial charge in [0.05, 0.1) is 17.1 Å². The van der Waals surface area contributed by atoms with Crippen LogP contribution in [-0.2, 0) is 14.8 Å². The van der Waals surface area contributed by atoms with Crippen LogP contribution in [0, 0.1) is 0 Å². The molecule has 2 aromatic rings. The molecule has 0 saturated carbocycles. The van der Waals surface area contributed by atoms with E-state index in [-0.39, 0.29) is 16.2 Å². The first-order chi connectivity index (χ1) is 13.4. The summed E-state index contributed by atoms with van der Waals surface area (Å²) >= 11 is 0. The summed E-state index contributed by atoms with van der Waals surface area (Å²) in [4.78, 5) is 24.3. The smallest absolute Gasteiger partial charge is 0.338 e. The van der Waals surface area contributed by atoms with E-state index in [1.54, 1.807) is 24.3 Å². The zero-order valence-corrected chi connectivity index (χ0v) is 16.6. The minimum atomic E-state index is -3.70. The molecule has 0 aliphatic heterocycles. The van der Waals surface area contributed by atoms with E-state index < -0.39 is 22.6 Å². The number of esters is 1. The lowest BCUT2D eigenvalue weighted by Gasteiger charge is -2.08. The zero-order chi connectivity index (χ0) is 20.6. The number of hydrogen-bond donors (Lipinski definition) is 1. The van der Waals surface area contributed by atoms with Crippen LogP contribution in [-0.4, -0.2) is 39.9 Å². The van der Waals surface area contributed by atoms with Crippen molar-refractivity contribution in [2.24, 2.45) is 0 Å². The van der Waals surface area contributed by atoms with E-state index in [0.29, 0.717) is 30.9 Å². The maximum Gasteiger partial charge on any atom is 0.338 e. The van der Waals surface area contributed by atoms with Gasteiger partial charge in [-0.1, -0.05) is 13.0 Å². The van der Waals surface area contributed by atoms with Crippen LogP contribution in [0.4, 0.5) is 0 Å². The molecule has 0 atom stereocenters. The number of hydrogen-bond acceptors (Lipinski definition) is 6. The summed E-state index contributed by atoms with van der Waals surface area (Å²) in [6.07, 6.45) is 0.647. The van der Waals surface area contributed by atoms with Gasteiger partial charge in [0.2, 0.25) is 10.0 Å². The lowest BCUT2D eigenvalue weighted by molar-refractivity contribution is 0.0474. The number of nitrogens with one attached hydrogen (secondary N) is 1. The first-order valence-electron chi connectivity index (χ1n) is 8.90. The van der Waals surface area contributed by atoms with E-state index >= 15 is 0 Å². The molecule has 1 N–H and O–H groups in total. The molecule has 0 unspecified atom stereocenters. The van der Waals surface area contributed by atoms with E-state index in [2.05, 4.69) is 4.72 Å². The molecule has 0 amide bonds. The van der Waals surface area contributed by atoms with E-state index in [0.717, 1.165) is 0 Å². The molecular weight excluding hydrogens is 382 g/mol. The van der Waals surface area contributed by atoms with Crippen molar-refractivity contribution in [3.8, 4) is 5.75 Å². The molecule has 0 bridgehead atoms. The zero-order valence-electron chi connectivity index (χ0n) is 15.8. The number of carbonyl (C=O) groups is 2. The van der Waals surface area contributed by atoms with Crippen molar-refractivity contribution in [3.63, 3.8) is 0 Å². The molecule has 7 nitrogen and oxygen atoms in total. The highest BCUT2D eigenvalue weighted by atomic mass is 32.2. The minimum Gasteiger partial charge on any atom is -0.494 e. The normalized spacial score (nSPS) is 11.1. The van der Waals surface area contributed by atoms with Crippen LogP contribution in [0.15, 0.2) is 53.4 Å². The second-order valence-corrected chi connectivity index (χ2v) is 7.65. The van der Waals surface area contributed by atoms with Crippen LogP contribution >= 0.6 is 0 Å². The minimum absolute atomic E-state index is 0.0340. The van der Waals surface area contributed by atoms with Crippen molar-refractivity contribution in [2.45, 2.75) is 25.2 Å². The average Bonchev–Trinajstić information content (AvgIpc) is 2.71. The van der Waals surface area contributed by atoms with Gasteiger partial charge in [0.1, 0.15) is 5.75 Å². The SMILES string of the molecule is CCCNS(=O)(=O)c1cccc(C(=O)OCC(=O)c2ccc(OCC)cc2)c1. The van der Waals surface area contributed by atoms with Gasteiger partial charge in [0.25, 0.3) is 0 Å². The van der Waals surface area contributed by atoms with Gasteiger partial charge in [-0.2, -0.15) is 0 Å². The van der Waals surface area contributed by atoms with Gasteiger partial charge in [-0.15, -0.1) is 0 Å². The third kappa shape index (κ3) is 5.90. The molecule has 0 aromatic heterocycles. The predicted molar refractivity (Wildman–Crippen MR) is 104 cm³/mol. The van der Waals surface area contributed by atoms with Crippen LogP contribution < -0.4 is 9.46 Å². The molecule has 2 rings (SSSR count). The fourth-order valence-electron chi connectivity index (χ4n) is 2.31. The number of sulfonamides is 1. The van der Waals surface area contributed by atoms with Crippen LogP contribution in [0.5, 0.6) is 5.75 Å². The Morgan fingerprint density at radius 2 is 1.71 bits per heavy atom. The molecular formula is C20H23NO6S. The average molecular weight is 405 g/mol. The number of carbonyl (C=O) groups excluding carboxylic acids is 2. The van der Waals surface area contributed by atoms with Gasteiger partial charge in [-0.05, 0) is 55.8 Å². The highest BCUT2D eigenvalue weighted by Gasteiger charge is 2.17. The maximum atomic E-state index is 12.2. The van der Waals surface area contributed by atoms with Gasteiger partial charge in [0, 0.05) is 12.1 Å². The molecule has 0 saturated heterocycles. The van der Waals surface area contributed by atoms with Crippen molar-refractivity contribution in [3.05, 3.63) is 59.7 Å². The van der Waals surface area contributed by atoms with Gasteiger partial charge in [-0.25, -0.2) is 17.9 Å². The van der Waals surface area contributed by atoms with Gasteiger partial charge < -0.3 is 9.47 Å². The lowest BCUT2D eigenvalue weighted by Crippen LogP contribution is -2.24. The topological polar surface area (TPSA) is 98.8 Å². The molecule has 0 heterocycles. The fraction of sp³-hybridized carbons (Fsp3) is 0.300. The van der Waals surface area contributed by atoms with Crippen molar-refractivity contribution < 1.29 is 27.5 Å². The summed E-state index contributed by atoms with van der Waals surface area (Å²) < 4.78 is 37.1. The van der Waals surface area contributed by atoms with Crippen molar-refractivity contribution >= 4 is 21.8 Å². The second kappa shape index (κ2) is 10.0. The first kappa shape index (κ1) is 21.6. The van der Waals surface area contributed by atoms with Crippen LogP contribution in [0.2, 0.25) is 0 Å². The highest BCUT2D eigenvalue weighted by Crippen LogP contribution is 2.14. The van der Waals surface area contributed by atoms with Gasteiger partial charge >= 0.3 is 5.97 Å². The molecule has 0 radical (unpaired) electrons. The molecule has 0 spiro atoms. The van der Waals surface area contributed by atoms with Gasteiger partial charge in [-0.3, -0.25) is 4.79 Å². The Bertz CT molecular complexity index is 922. The predicted octanol–water partition coefficient (Wildman–Crippen LogP) is 2.81. The van der Waals surface area contributed by atoms with Crippen LogP contribution in [0.1, 0.15) is 41.0 Å². The van der Waals surface area contributed by atoms with Crippen molar-refractivity contribution in [1.29, 1.82) is 0 Å². The van der Waals surface area contributed by atoms with Crippen molar-refractivity contribution in [2.75, 3.05) is 19.8 Å². The monoisotopic (exact) mass is 405 g/mol. The highest BCUT2D eigenvalue weighted by molar-refractivity contribution is 7.89. The summed E-state index contributed by atoms with van der Waals surface area (Å²) in [5.41, 5.74) is 0.440. The second-order valence-electron chi connectivity index (χ2n) is 5.88. The Morgan fingerprint density at radius 3 is 2.36 bits per heavy atom. The molecule has 0 fully saturated rings. The van der Waals surface area contributed by atoms with E-state index in [9.17, 15) is 18.0 Å². The van der Waals surface area contributed by atoms with E-state index in [4.69, 9.17) is 9.47 Å². The first-order valence-corrected chi connectivity index (χ1v) is 10.4. The molecule has 150 valence electrons. The fourth-order valence-corrected chi connectivity index (χ4v) is 3.49. The molecule has 2 aromatic carbocycles. The number of rotatable bonds is 10. The van der Waals surface area contributed by atoms with Crippen molar-refractivity contribution in [1.82, 2.24) is 4.72 Å². The summed E-state index contributed by atoms with van der Waals surface area (Å²) in [6.45, 7) is 4.08.